The summed E-state index contributed by atoms with van der Waals surface area (Å²) in [6, 6.07) is 0. The Kier molecular flexibility index (Phi) is 30.6. The van der Waals surface area contributed by atoms with Gasteiger partial charge in [-0.3, -0.25) is 4.79 Å². The van der Waals surface area contributed by atoms with Crippen molar-refractivity contribution >= 4 is 5.78 Å². The first kappa shape index (κ1) is 35.7. The SMILES string of the molecule is CCCCCCCCCCCCCCCC(=O)CCCCCCCCCCCCCCCCC(C)C. The Morgan fingerprint density at radius 3 is 0.917 bits per heavy atom. The number of Topliss-reactive ketones (excluding diaryl/α,β-unsaturated/α-hetero) is 1. The molecule has 0 aliphatic rings. The molecule has 0 aliphatic carbocycles. The summed E-state index contributed by atoms with van der Waals surface area (Å²) in [5.74, 6) is 1.41. The topological polar surface area (TPSA) is 17.1 Å². The van der Waals surface area contributed by atoms with Crippen LogP contribution in [0.4, 0.5) is 0 Å². The maximum atomic E-state index is 12.1. The third kappa shape index (κ3) is 31.7. The summed E-state index contributed by atoms with van der Waals surface area (Å²) < 4.78 is 0. The Labute approximate surface area is 229 Å². The highest BCUT2D eigenvalue weighted by Crippen LogP contribution is 2.16. The minimum atomic E-state index is 0.526. The molecule has 0 rings (SSSR count). The van der Waals surface area contributed by atoms with E-state index >= 15 is 0 Å². The van der Waals surface area contributed by atoms with Gasteiger partial charge in [-0.1, -0.05) is 188 Å². The average Bonchev–Trinajstić information content (AvgIpc) is 2.86. The van der Waals surface area contributed by atoms with Gasteiger partial charge in [0.15, 0.2) is 0 Å². The van der Waals surface area contributed by atoms with Crippen molar-refractivity contribution in [1.29, 1.82) is 0 Å². The van der Waals surface area contributed by atoms with E-state index < -0.39 is 0 Å². The van der Waals surface area contributed by atoms with E-state index in [2.05, 4.69) is 20.8 Å². The van der Waals surface area contributed by atoms with Crippen molar-refractivity contribution in [2.24, 2.45) is 5.92 Å². The molecular formula is C35H70O. The van der Waals surface area contributed by atoms with Gasteiger partial charge in [0.2, 0.25) is 0 Å². The van der Waals surface area contributed by atoms with Gasteiger partial charge in [-0.05, 0) is 18.8 Å². The summed E-state index contributed by atoms with van der Waals surface area (Å²) >= 11 is 0. The molecule has 0 aromatic rings. The minimum Gasteiger partial charge on any atom is -0.300 e. The van der Waals surface area contributed by atoms with Gasteiger partial charge in [-0.25, -0.2) is 0 Å². The summed E-state index contributed by atoms with van der Waals surface area (Å²) in [5.41, 5.74) is 0. The molecule has 0 atom stereocenters. The van der Waals surface area contributed by atoms with Gasteiger partial charge in [0.05, 0.1) is 0 Å². The van der Waals surface area contributed by atoms with E-state index in [0.717, 1.165) is 31.6 Å². The average molecular weight is 507 g/mol. The fourth-order valence-corrected chi connectivity index (χ4v) is 5.46. The Bertz CT molecular complexity index is 413. The van der Waals surface area contributed by atoms with Crippen LogP contribution in [0.3, 0.4) is 0 Å². The molecule has 0 aromatic carbocycles. The smallest absolute Gasteiger partial charge is 0.132 e. The molecule has 0 saturated heterocycles. The van der Waals surface area contributed by atoms with E-state index in [0.29, 0.717) is 5.78 Å². The number of hydrogen-bond donors (Lipinski definition) is 0. The Morgan fingerprint density at radius 1 is 0.389 bits per heavy atom. The number of hydrogen-bond acceptors (Lipinski definition) is 1. The lowest BCUT2D eigenvalue weighted by Gasteiger charge is -2.05. The zero-order valence-corrected chi connectivity index (χ0v) is 25.7. The molecule has 0 spiro atoms. The lowest BCUT2D eigenvalue weighted by atomic mass is 10.0. The molecule has 1 nitrogen and oxygen atoms in total. The summed E-state index contributed by atoms with van der Waals surface area (Å²) in [7, 11) is 0. The lowest BCUT2D eigenvalue weighted by molar-refractivity contribution is -0.119. The van der Waals surface area contributed by atoms with Crippen LogP contribution in [0, 0.1) is 5.92 Å². The number of rotatable bonds is 31. The van der Waals surface area contributed by atoms with Crippen molar-refractivity contribution in [3.05, 3.63) is 0 Å². The monoisotopic (exact) mass is 507 g/mol. The largest absolute Gasteiger partial charge is 0.300 e. The van der Waals surface area contributed by atoms with Crippen LogP contribution in [0.1, 0.15) is 213 Å². The highest BCUT2D eigenvalue weighted by atomic mass is 16.1. The van der Waals surface area contributed by atoms with Crippen molar-refractivity contribution in [2.75, 3.05) is 0 Å². The third-order valence-corrected chi connectivity index (χ3v) is 8.05. The highest BCUT2D eigenvalue weighted by Gasteiger charge is 2.02. The second-order valence-electron chi connectivity index (χ2n) is 12.4. The highest BCUT2D eigenvalue weighted by molar-refractivity contribution is 5.78. The van der Waals surface area contributed by atoms with E-state index in [1.807, 2.05) is 0 Å². The van der Waals surface area contributed by atoms with Gasteiger partial charge in [-0.15, -0.1) is 0 Å². The van der Waals surface area contributed by atoms with Gasteiger partial charge in [0, 0.05) is 12.8 Å². The molecule has 0 fully saturated rings. The zero-order chi connectivity index (χ0) is 26.4. The van der Waals surface area contributed by atoms with E-state index in [1.165, 1.54) is 167 Å². The summed E-state index contributed by atoms with van der Waals surface area (Å²) in [6.07, 6.45) is 40.5. The molecule has 0 saturated carbocycles. The first-order valence-electron chi connectivity index (χ1n) is 17.2. The van der Waals surface area contributed by atoms with Crippen molar-refractivity contribution in [3.8, 4) is 0 Å². The minimum absolute atomic E-state index is 0.526. The molecule has 0 radical (unpaired) electrons. The normalized spacial score (nSPS) is 11.6. The summed E-state index contributed by atoms with van der Waals surface area (Å²) in [5, 5.41) is 0. The third-order valence-electron chi connectivity index (χ3n) is 8.05. The second-order valence-corrected chi connectivity index (χ2v) is 12.4. The van der Waals surface area contributed by atoms with E-state index in [1.54, 1.807) is 0 Å². The molecule has 0 amide bonds. The molecular weight excluding hydrogens is 436 g/mol. The van der Waals surface area contributed by atoms with Crippen LogP contribution in [-0.4, -0.2) is 5.78 Å². The quantitative estimate of drug-likeness (QED) is 0.0854. The number of carbonyl (C=O) groups excluding carboxylic acids is 1. The van der Waals surface area contributed by atoms with Crippen LogP contribution in [-0.2, 0) is 4.79 Å². The molecule has 0 unspecified atom stereocenters. The second kappa shape index (κ2) is 30.9. The molecule has 0 heterocycles. The van der Waals surface area contributed by atoms with Crippen LogP contribution in [0.2, 0.25) is 0 Å². The molecule has 216 valence electrons. The molecule has 1 heteroatoms. The van der Waals surface area contributed by atoms with Gasteiger partial charge in [0.25, 0.3) is 0 Å². The van der Waals surface area contributed by atoms with Crippen molar-refractivity contribution < 1.29 is 4.79 Å². The molecule has 0 aliphatic heterocycles. The van der Waals surface area contributed by atoms with Crippen molar-refractivity contribution in [3.63, 3.8) is 0 Å². The van der Waals surface area contributed by atoms with E-state index in [9.17, 15) is 4.79 Å². The number of carbonyl (C=O) groups is 1. The number of ketones is 1. The maximum Gasteiger partial charge on any atom is 0.132 e. The van der Waals surface area contributed by atoms with Gasteiger partial charge in [-0.2, -0.15) is 0 Å². The first-order valence-corrected chi connectivity index (χ1v) is 17.2. The van der Waals surface area contributed by atoms with Crippen LogP contribution in [0.15, 0.2) is 0 Å². The molecule has 36 heavy (non-hydrogen) atoms. The molecule has 0 aromatic heterocycles. The molecule has 0 N–H and O–H groups in total. The van der Waals surface area contributed by atoms with Crippen LogP contribution in [0.5, 0.6) is 0 Å². The fourth-order valence-electron chi connectivity index (χ4n) is 5.46. The fraction of sp³-hybridized carbons (Fsp3) is 0.971. The Morgan fingerprint density at radius 2 is 0.639 bits per heavy atom. The number of unbranched alkanes of at least 4 members (excludes halogenated alkanes) is 25. The van der Waals surface area contributed by atoms with Crippen LogP contribution in [0.25, 0.3) is 0 Å². The standard InChI is InChI=1S/C35H70O/c1-4-5-6-7-8-9-10-13-17-20-23-26-29-32-35(36)33-30-27-24-21-18-15-12-11-14-16-19-22-25-28-31-34(2)3/h34H,4-33H2,1-3H3. The Balaban J connectivity index is 3.15. The predicted octanol–water partition coefficient (Wildman–Crippen LogP) is 12.9. The van der Waals surface area contributed by atoms with Crippen molar-refractivity contribution in [1.82, 2.24) is 0 Å². The lowest BCUT2D eigenvalue weighted by Crippen LogP contribution is -1.97. The van der Waals surface area contributed by atoms with Gasteiger partial charge >= 0.3 is 0 Å². The van der Waals surface area contributed by atoms with Crippen molar-refractivity contribution in [2.45, 2.75) is 213 Å². The van der Waals surface area contributed by atoms with E-state index in [4.69, 9.17) is 0 Å². The first-order chi connectivity index (χ1) is 17.7. The summed E-state index contributed by atoms with van der Waals surface area (Å²) in [4.78, 5) is 12.1. The van der Waals surface area contributed by atoms with Crippen LogP contribution < -0.4 is 0 Å². The Hall–Kier alpha value is -0.330. The van der Waals surface area contributed by atoms with Gasteiger partial charge in [0.1, 0.15) is 5.78 Å². The molecule has 0 bridgehead atoms. The predicted molar refractivity (Wildman–Crippen MR) is 164 cm³/mol. The van der Waals surface area contributed by atoms with Crippen LogP contribution >= 0.6 is 0 Å². The van der Waals surface area contributed by atoms with E-state index in [-0.39, 0.29) is 0 Å². The maximum absolute atomic E-state index is 12.1. The summed E-state index contributed by atoms with van der Waals surface area (Å²) in [6.45, 7) is 6.96. The van der Waals surface area contributed by atoms with Gasteiger partial charge < -0.3 is 0 Å². The zero-order valence-electron chi connectivity index (χ0n) is 25.7.